The molecule has 0 saturated carbocycles. The number of hydrazone groups is 1. The lowest BCUT2D eigenvalue weighted by Gasteiger charge is -2.07. The van der Waals surface area contributed by atoms with Crippen LogP contribution in [0.25, 0.3) is 0 Å². The number of aryl methyl sites for hydroxylation is 1. The monoisotopic (exact) mass is 363 g/mol. The molecule has 2 rings (SSSR count). The first-order valence-corrected chi connectivity index (χ1v) is 7.40. The van der Waals surface area contributed by atoms with E-state index < -0.39 is 0 Å². The first-order valence-electron chi connectivity index (χ1n) is 6.20. The molecule has 0 amide bonds. The molecular weight excluding hydrogens is 350 g/mol. The molecule has 0 aliphatic rings. The second-order valence-electron chi connectivity index (χ2n) is 4.39. The van der Waals surface area contributed by atoms with Crippen LogP contribution >= 0.6 is 28.1 Å². The number of rotatable bonds is 3. The van der Waals surface area contributed by atoms with Crippen LogP contribution in [-0.2, 0) is 0 Å². The highest BCUT2D eigenvalue weighted by Gasteiger charge is 1.99. The normalized spacial score (nSPS) is 10.6. The van der Waals surface area contributed by atoms with E-state index in [-0.39, 0.29) is 5.75 Å². The van der Waals surface area contributed by atoms with Gasteiger partial charge in [-0.25, -0.2) is 0 Å². The average molecular weight is 364 g/mol. The van der Waals surface area contributed by atoms with Gasteiger partial charge in [-0.3, -0.25) is 5.43 Å². The van der Waals surface area contributed by atoms with E-state index in [0.29, 0.717) is 10.7 Å². The van der Waals surface area contributed by atoms with Gasteiger partial charge >= 0.3 is 0 Å². The maximum Gasteiger partial charge on any atom is 0.191 e. The number of hydrogen-bond acceptors (Lipinski definition) is 3. The van der Waals surface area contributed by atoms with Gasteiger partial charge in [0.1, 0.15) is 5.75 Å². The molecule has 4 nitrogen and oxygen atoms in total. The quantitative estimate of drug-likeness (QED) is 0.441. The first kappa shape index (κ1) is 15.5. The van der Waals surface area contributed by atoms with Crippen LogP contribution in [0.3, 0.4) is 0 Å². The van der Waals surface area contributed by atoms with Gasteiger partial charge in [-0.2, -0.15) is 5.10 Å². The summed E-state index contributed by atoms with van der Waals surface area (Å²) in [4.78, 5) is 0. The van der Waals surface area contributed by atoms with Crippen molar-refractivity contribution in [1.82, 2.24) is 5.43 Å². The van der Waals surface area contributed by atoms with E-state index in [1.807, 2.05) is 31.2 Å². The number of thiocarbonyl (C=S) groups is 1. The standard InChI is InChI=1S/C15H14BrN3OS/c1-10-2-5-13(6-3-10)18-15(21)19-17-9-11-8-12(16)4-7-14(11)20/h2-9,20H,1H3,(H2,18,19,21)/b17-9+. The van der Waals surface area contributed by atoms with E-state index in [2.05, 4.69) is 31.8 Å². The molecule has 0 aromatic heterocycles. The SMILES string of the molecule is Cc1ccc(NC(=S)N/N=C/c2cc(Br)ccc2O)cc1. The fourth-order valence-electron chi connectivity index (χ4n) is 1.59. The lowest BCUT2D eigenvalue weighted by atomic mass is 10.2. The molecule has 108 valence electrons. The fraction of sp³-hybridized carbons (Fsp3) is 0.0667. The third-order valence-corrected chi connectivity index (χ3v) is 3.36. The molecule has 2 aromatic rings. The number of nitrogens with one attached hydrogen (secondary N) is 2. The van der Waals surface area contributed by atoms with Crippen LogP contribution in [0, 0.1) is 6.92 Å². The van der Waals surface area contributed by atoms with E-state index in [1.165, 1.54) is 11.8 Å². The highest BCUT2D eigenvalue weighted by molar-refractivity contribution is 9.10. The van der Waals surface area contributed by atoms with Crippen LogP contribution in [0.4, 0.5) is 5.69 Å². The lowest BCUT2D eigenvalue weighted by molar-refractivity contribution is 0.474. The van der Waals surface area contributed by atoms with E-state index >= 15 is 0 Å². The van der Waals surface area contributed by atoms with E-state index in [1.54, 1.807) is 18.2 Å². The van der Waals surface area contributed by atoms with Crippen molar-refractivity contribution in [3.05, 3.63) is 58.1 Å². The Morgan fingerprint density at radius 2 is 1.95 bits per heavy atom. The Bertz CT molecular complexity index is 671. The smallest absolute Gasteiger partial charge is 0.191 e. The summed E-state index contributed by atoms with van der Waals surface area (Å²) in [5.74, 6) is 0.154. The van der Waals surface area contributed by atoms with Gasteiger partial charge in [-0.1, -0.05) is 33.6 Å². The van der Waals surface area contributed by atoms with Gasteiger partial charge in [-0.05, 0) is 49.5 Å². The first-order chi connectivity index (χ1) is 10.0. The van der Waals surface area contributed by atoms with Crippen molar-refractivity contribution < 1.29 is 5.11 Å². The predicted octanol–water partition coefficient (Wildman–Crippen LogP) is 3.78. The Morgan fingerprint density at radius 3 is 2.67 bits per heavy atom. The minimum Gasteiger partial charge on any atom is -0.507 e. The Kier molecular flexibility index (Phi) is 5.30. The van der Waals surface area contributed by atoms with Crippen LogP contribution in [0.5, 0.6) is 5.75 Å². The second-order valence-corrected chi connectivity index (χ2v) is 5.72. The van der Waals surface area contributed by atoms with Crippen LogP contribution in [0.15, 0.2) is 52.0 Å². The summed E-state index contributed by atoms with van der Waals surface area (Å²) in [6.45, 7) is 2.02. The number of phenols is 1. The van der Waals surface area contributed by atoms with Crippen molar-refractivity contribution in [1.29, 1.82) is 0 Å². The molecular formula is C15H14BrN3OS. The maximum atomic E-state index is 9.67. The fourth-order valence-corrected chi connectivity index (χ4v) is 2.13. The summed E-state index contributed by atoms with van der Waals surface area (Å²) in [6.07, 6.45) is 1.50. The molecule has 21 heavy (non-hydrogen) atoms. The molecule has 0 spiro atoms. The number of nitrogens with zero attached hydrogens (tertiary/aromatic N) is 1. The largest absolute Gasteiger partial charge is 0.507 e. The van der Waals surface area contributed by atoms with Crippen LogP contribution in [0.2, 0.25) is 0 Å². The zero-order chi connectivity index (χ0) is 15.2. The number of hydrogen-bond donors (Lipinski definition) is 3. The molecule has 0 heterocycles. The Hall–Kier alpha value is -1.92. The van der Waals surface area contributed by atoms with Crippen molar-refractivity contribution in [3.63, 3.8) is 0 Å². The maximum absolute atomic E-state index is 9.67. The van der Waals surface area contributed by atoms with Crippen molar-refractivity contribution in [2.75, 3.05) is 5.32 Å². The number of phenolic OH excluding ortho intramolecular Hbond substituents is 1. The number of aromatic hydroxyl groups is 1. The molecule has 0 atom stereocenters. The molecule has 0 radical (unpaired) electrons. The van der Waals surface area contributed by atoms with Crippen molar-refractivity contribution in [2.24, 2.45) is 5.10 Å². The van der Waals surface area contributed by atoms with E-state index in [4.69, 9.17) is 12.2 Å². The van der Waals surface area contributed by atoms with Crippen molar-refractivity contribution >= 4 is 45.2 Å². The number of anilines is 1. The van der Waals surface area contributed by atoms with Crippen molar-refractivity contribution in [2.45, 2.75) is 6.92 Å². The van der Waals surface area contributed by atoms with Crippen LogP contribution < -0.4 is 10.7 Å². The molecule has 0 unspecified atom stereocenters. The zero-order valence-electron chi connectivity index (χ0n) is 11.3. The summed E-state index contributed by atoms with van der Waals surface area (Å²) in [5, 5.41) is 17.1. The third-order valence-electron chi connectivity index (χ3n) is 2.67. The summed E-state index contributed by atoms with van der Waals surface area (Å²) < 4.78 is 0.863. The van der Waals surface area contributed by atoms with Gasteiger partial charge in [-0.15, -0.1) is 0 Å². The summed E-state index contributed by atoms with van der Waals surface area (Å²) in [5.41, 5.74) is 5.37. The number of benzene rings is 2. The van der Waals surface area contributed by atoms with Gasteiger partial charge in [0.15, 0.2) is 5.11 Å². The number of halogens is 1. The molecule has 0 fully saturated rings. The second kappa shape index (κ2) is 7.19. The van der Waals surface area contributed by atoms with Crippen molar-refractivity contribution in [3.8, 4) is 5.75 Å². The lowest BCUT2D eigenvalue weighted by Crippen LogP contribution is -2.23. The highest BCUT2D eigenvalue weighted by Crippen LogP contribution is 2.19. The Balaban J connectivity index is 1.93. The summed E-state index contributed by atoms with van der Waals surface area (Å²) in [7, 11) is 0. The minimum absolute atomic E-state index is 0.154. The molecule has 3 N–H and O–H groups in total. The molecule has 2 aromatic carbocycles. The molecule has 6 heteroatoms. The summed E-state index contributed by atoms with van der Waals surface area (Å²) in [6, 6.07) is 13.0. The van der Waals surface area contributed by atoms with Crippen LogP contribution in [-0.4, -0.2) is 16.4 Å². The molecule has 0 aliphatic heterocycles. The molecule has 0 saturated heterocycles. The minimum atomic E-state index is 0.154. The van der Waals surface area contributed by atoms with E-state index in [0.717, 1.165) is 10.2 Å². The zero-order valence-corrected chi connectivity index (χ0v) is 13.7. The topological polar surface area (TPSA) is 56.7 Å². The van der Waals surface area contributed by atoms with Crippen LogP contribution in [0.1, 0.15) is 11.1 Å². The molecule has 0 bridgehead atoms. The average Bonchev–Trinajstić information content (AvgIpc) is 2.45. The van der Waals surface area contributed by atoms with Gasteiger partial charge in [0, 0.05) is 15.7 Å². The highest BCUT2D eigenvalue weighted by atomic mass is 79.9. The predicted molar refractivity (Wildman–Crippen MR) is 93.9 cm³/mol. The summed E-state index contributed by atoms with van der Waals surface area (Å²) >= 11 is 8.47. The Labute approximate surface area is 137 Å². The van der Waals surface area contributed by atoms with Gasteiger partial charge < -0.3 is 10.4 Å². The van der Waals surface area contributed by atoms with Gasteiger partial charge in [0.2, 0.25) is 0 Å². The van der Waals surface area contributed by atoms with Gasteiger partial charge in [0.25, 0.3) is 0 Å². The van der Waals surface area contributed by atoms with E-state index in [9.17, 15) is 5.11 Å². The third kappa shape index (κ3) is 4.84. The Morgan fingerprint density at radius 1 is 1.24 bits per heavy atom. The van der Waals surface area contributed by atoms with Gasteiger partial charge in [0.05, 0.1) is 6.21 Å². The molecule has 0 aliphatic carbocycles.